The molecule has 0 aliphatic carbocycles. The lowest BCUT2D eigenvalue weighted by Crippen LogP contribution is -2.26. The normalized spacial score (nSPS) is 15.7. The first-order chi connectivity index (χ1) is 6.18. The van der Waals surface area contributed by atoms with E-state index in [1.807, 2.05) is 0 Å². The van der Waals surface area contributed by atoms with Crippen LogP contribution in [0.4, 0.5) is 0 Å². The van der Waals surface area contributed by atoms with Gasteiger partial charge >= 0.3 is 0 Å². The first kappa shape index (κ1) is 13.4. The Morgan fingerprint density at radius 2 is 2.08 bits per heavy atom. The molecule has 1 atom stereocenters. The second kappa shape index (κ2) is 7.77. The van der Waals surface area contributed by atoms with Crippen molar-refractivity contribution in [1.82, 2.24) is 0 Å². The minimum atomic E-state index is -0.0472. The summed E-state index contributed by atoms with van der Waals surface area (Å²) in [6.45, 7) is 5.82. The highest BCUT2D eigenvalue weighted by Crippen LogP contribution is 2.20. The number of hydrogen-bond donors (Lipinski definition) is 1. The number of hydrogen-bond acceptors (Lipinski definition) is 2. The molecule has 0 radical (unpaired) electrons. The lowest BCUT2D eigenvalue weighted by Gasteiger charge is -2.25. The molecule has 1 N–H and O–H groups in total. The van der Waals surface area contributed by atoms with Crippen LogP contribution in [0.15, 0.2) is 0 Å². The smallest absolute Gasteiger partial charge is 0.0541 e. The van der Waals surface area contributed by atoms with Crippen molar-refractivity contribution in [2.45, 2.75) is 33.1 Å². The highest BCUT2D eigenvalue weighted by atomic mass is 79.9. The Labute approximate surface area is 89.8 Å². The maximum atomic E-state index is 9.10. The second-order valence-electron chi connectivity index (χ2n) is 3.77. The average Bonchev–Trinajstić information content (AvgIpc) is 2.17. The SMILES string of the molecule is CCC(C)(CO)COCCCCBr. The van der Waals surface area contributed by atoms with Gasteiger partial charge in [-0.1, -0.05) is 29.8 Å². The second-order valence-corrected chi connectivity index (χ2v) is 4.56. The molecular weight excluding hydrogens is 232 g/mol. The average molecular weight is 253 g/mol. The fourth-order valence-corrected chi connectivity index (χ4v) is 1.27. The summed E-state index contributed by atoms with van der Waals surface area (Å²) in [6, 6.07) is 0. The van der Waals surface area contributed by atoms with Gasteiger partial charge in [0.15, 0.2) is 0 Å². The lowest BCUT2D eigenvalue weighted by atomic mass is 9.90. The maximum Gasteiger partial charge on any atom is 0.0541 e. The summed E-state index contributed by atoms with van der Waals surface area (Å²) >= 11 is 3.37. The van der Waals surface area contributed by atoms with Gasteiger partial charge in [-0.05, 0) is 19.3 Å². The molecule has 0 aliphatic heterocycles. The van der Waals surface area contributed by atoms with Gasteiger partial charge in [0, 0.05) is 17.4 Å². The molecule has 0 saturated heterocycles. The van der Waals surface area contributed by atoms with Gasteiger partial charge < -0.3 is 9.84 Å². The van der Waals surface area contributed by atoms with E-state index in [0.29, 0.717) is 6.61 Å². The number of halogens is 1. The Morgan fingerprint density at radius 3 is 2.54 bits per heavy atom. The highest BCUT2D eigenvalue weighted by molar-refractivity contribution is 9.09. The predicted octanol–water partition coefficient (Wildman–Crippen LogP) is 2.59. The van der Waals surface area contributed by atoms with E-state index in [1.165, 1.54) is 0 Å². The van der Waals surface area contributed by atoms with Gasteiger partial charge in [0.05, 0.1) is 13.2 Å². The van der Waals surface area contributed by atoms with E-state index < -0.39 is 0 Å². The van der Waals surface area contributed by atoms with Gasteiger partial charge in [0.25, 0.3) is 0 Å². The van der Waals surface area contributed by atoms with Crippen molar-refractivity contribution in [2.24, 2.45) is 5.41 Å². The van der Waals surface area contributed by atoms with Crippen LogP contribution in [0.2, 0.25) is 0 Å². The van der Waals surface area contributed by atoms with Crippen molar-refractivity contribution in [3.05, 3.63) is 0 Å². The van der Waals surface area contributed by atoms with Crippen LogP contribution < -0.4 is 0 Å². The summed E-state index contributed by atoms with van der Waals surface area (Å²) in [5, 5.41) is 10.1. The fourth-order valence-electron chi connectivity index (χ4n) is 0.877. The fraction of sp³-hybridized carbons (Fsp3) is 1.00. The first-order valence-corrected chi connectivity index (χ1v) is 6.05. The van der Waals surface area contributed by atoms with Crippen LogP contribution in [0.5, 0.6) is 0 Å². The van der Waals surface area contributed by atoms with E-state index in [4.69, 9.17) is 9.84 Å². The van der Waals surface area contributed by atoms with Gasteiger partial charge in [-0.25, -0.2) is 0 Å². The van der Waals surface area contributed by atoms with Gasteiger partial charge in [-0.3, -0.25) is 0 Å². The number of aliphatic hydroxyl groups is 1. The van der Waals surface area contributed by atoms with Crippen LogP contribution in [0.1, 0.15) is 33.1 Å². The number of ether oxygens (including phenoxy) is 1. The zero-order valence-electron chi connectivity index (χ0n) is 8.68. The van der Waals surface area contributed by atoms with Gasteiger partial charge in [0.2, 0.25) is 0 Å². The standard InChI is InChI=1S/C10H21BrO2/c1-3-10(2,8-12)9-13-7-5-4-6-11/h12H,3-9H2,1-2H3. The Kier molecular flexibility index (Phi) is 8.01. The minimum absolute atomic E-state index is 0.0472. The predicted molar refractivity (Wildman–Crippen MR) is 59.3 cm³/mol. The Hall–Kier alpha value is 0.400. The molecule has 0 bridgehead atoms. The molecule has 1 unspecified atom stereocenters. The molecule has 13 heavy (non-hydrogen) atoms. The van der Waals surface area contributed by atoms with Crippen molar-refractivity contribution in [3.63, 3.8) is 0 Å². The van der Waals surface area contributed by atoms with Crippen molar-refractivity contribution in [1.29, 1.82) is 0 Å². The number of alkyl halides is 1. The topological polar surface area (TPSA) is 29.5 Å². The molecule has 0 aromatic rings. The molecule has 0 aromatic carbocycles. The molecular formula is C10H21BrO2. The lowest BCUT2D eigenvalue weighted by molar-refractivity contribution is 0.0142. The monoisotopic (exact) mass is 252 g/mol. The number of unbranched alkanes of at least 4 members (excludes halogenated alkanes) is 1. The van der Waals surface area contributed by atoms with Crippen molar-refractivity contribution >= 4 is 15.9 Å². The zero-order chi connectivity index (χ0) is 10.2. The molecule has 0 heterocycles. The van der Waals surface area contributed by atoms with Gasteiger partial charge in [-0.15, -0.1) is 0 Å². The molecule has 0 aromatic heterocycles. The summed E-state index contributed by atoms with van der Waals surface area (Å²) in [5.74, 6) is 0. The highest BCUT2D eigenvalue weighted by Gasteiger charge is 2.20. The maximum absolute atomic E-state index is 9.10. The number of rotatable bonds is 8. The molecule has 80 valence electrons. The van der Waals surface area contributed by atoms with Gasteiger partial charge in [-0.2, -0.15) is 0 Å². The molecule has 0 spiro atoms. The molecule has 0 fully saturated rings. The van der Waals surface area contributed by atoms with E-state index in [-0.39, 0.29) is 12.0 Å². The Balaban J connectivity index is 3.39. The van der Waals surface area contributed by atoms with Crippen LogP contribution in [-0.4, -0.2) is 30.3 Å². The first-order valence-electron chi connectivity index (χ1n) is 4.93. The van der Waals surface area contributed by atoms with Crippen LogP contribution in [0.3, 0.4) is 0 Å². The molecule has 0 aliphatic rings. The third-order valence-electron chi connectivity index (χ3n) is 2.36. The van der Waals surface area contributed by atoms with Crippen molar-refractivity contribution in [3.8, 4) is 0 Å². The third-order valence-corrected chi connectivity index (χ3v) is 2.92. The van der Waals surface area contributed by atoms with E-state index in [2.05, 4.69) is 29.8 Å². The van der Waals surface area contributed by atoms with Crippen LogP contribution in [0.25, 0.3) is 0 Å². The van der Waals surface area contributed by atoms with E-state index in [1.54, 1.807) is 0 Å². The van der Waals surface area contributed by atoms with E-state index >= 15 is 0 Å². The Bertz CT molecular complexity index is 113. The number of aliphatic hydroxyl groups excluding tert-OH is 1. The summed E-state index contributed by atoms with van der Waals surface area (Å²) in [6.07, 6.45) is 3.21. The molecule has 2 nitrogen and oxygen atoms in total. The van der Waals surface area contributed by atoms with E-state index in [9.17, 15) is 0 Å². The Morgan fingerprint density at radius 1 is 1.38 bits per heavy atom. The molecule has 3 heteroatoms. The minimum Gasteiger partial charge on any atom is -0.396 e. The summed E-state index contributed by atoms with van der Waals surface area (Å²) < 4.78 is 5.50. The van der Waals surface area contributed by atoms with Crippen molar-refractivity contribution < 1.29 is 9.84 Å². The molecule has 0 saturated carbocycles. The molecule has 0 rings (SSSR count). The summed E-state index contributed by atoms with van der Waals surface area (Å²) in [4.78, 5) is 0. The van der Waals surface area contributed by atoms with Gasteiger partial charge in [0.1, 0.15) is 0 Å². The third kappa shape index (κ3) is 6.47. The summed E-state index contributed by atoms with van der Waals surface area (Å²) in [7, 11) is 0. The largest absolute Gasteiger partial charge is 0.396 e. The zero-order valence-corrected chi connectivity index (χ0v) is 10.3. The van der Waals surface area contributed by atoms with Crippen LogP contribution in [0, 0.1) is 5.41 Å². The van der Waals surface area contributed by atoms with E-state index in [0.717, 1.165) is 31.2 Å². The van der Waals surface area contributed by atoms with Crippen molar-refractivity contribution in [2.75, 3.05) is 25.2 Å². The van der Waals surface area contributed by atoms with Crippen LogP contribution >= 0.6 is 15.9 Å². The van der Waals surface area contributed by atoms with Crippen LogP contribution in [-0.2, 0) is 4.74 Å². The quantitative estimate of drug-likeness (QED) is 0.532. The summed E-state index contributed by atoms with van der Waals surface area (Å²) in [5.41, 5.74) is -0.0472. The molecule has 0 amide bonds.